The number of aliphatic hydroxyl groups excluding tert-OH is 2. The van der Waals surface area contributed by atoms with E-state index in [0.717, 1.165) is 13.0 Å². The summed E-state index contributed by atoms with van der Waals surface area (Å²) in [7, 11) is 0. The minimum atomic E-state index is -1.10. The third kappa shape index (κ3) is 5.55. The van der Waals surface area contributed by atoms with Crippen molar-refractivity contribution in [1.82, 2.24) is 24.8 Å². The van der Waals surface area contributed by atoms with Gasteiger partial charge in [-0.05, 0) is 24.0 Å². The van der Waals surface area contributed by atoms with Crippen LogP contribution in [0.4, 0.5) is 11.8 Å². The molecule has 0 radical (unpaired) electrons. The molecule has 11 heteroatoms. The third-order valence-electron chi connectivity index (χ3n) is 8.47. The summed E-state index contributed by atoms with van der Waals surface area (Å²) in [5.41, 5.74) is 9.71. The van der Waals surface area contributed by atoms with Crippen molar-refractivity contribution in [3.05, 3.63) is 78.1 Å². The lowest BCUT2D eigenvalue weighted by molar-refractivity contribution is -0.122. The molecule has 2 aliphatic rings. The van der Waals surface area contributed by atoms with Gasteiger partial charge < -0.3 is 36.0 Å². The van der Waals surface area contributed by atoms with Gasteiger partial charge in [-0.1, -0.05) is 67.6 Å². The molecule has 1 aliphatic carbocycles. The van der Waals surface area contributed by atoms with Crippen molar-refractivity contribution in [1.29, 1.82) is 0 Å². The number of nitrogens with zero attached hydrogens (tertiary/aromatic N) is 5. The van der Waals surface area contributed by atoms with Crippen LogP contribution in [0.5, 0.6) is 0 Å². The van der Waals surface area contributed by atoms with Crippen molar-refractivity contribution in [2.75, 3.05) is 29.9 Å². The van der Waals surface area contributed by atoms with Crippen LogP contribution >= 0.6 is 0 Å². The summed E-state index contributed by atoms with van der Waals surface area (Å²) in [6.07, 6.45) is 0.936. The number of fused-ring (bicyclic) bond motifs is 1. The first-order valence-electron chi connectivity index (χ1n) is 14.7. The number of nitrogens with one attached hydrogen (secondary N) is 2. The van der Waals surface area contributed by atoms with E-state index in [4.69, 9.17) is 15.7 Å². The topological polar surface area (TPSA) is 154 Å². The van der Waals surface area contributed by atoms with Crippen molar-refractivity contribution in [2.45, 2.75) is 62.4 Å². The summed E-state index contributed by atoms with van der Waals surface area (Å²) in [6, 6.07) is 19.7. The van der Waals surface area contributed by atoms with Crippen LogP contribution in [-0.2, 0) is 4.79 Å². The molecule has 2 aromatic heterocycles. The lowest BCUT2D eigenvalue weighted by Gasteiger charge is -2.22. The van der Waals surface area contributed by atoms with Gasteiger partial charge in [-0.15, -0.1) is 0 Å². The number of benzene rings is 2. The molecule has 1 amide bonds. The first-order valence-corrected chi connectivity index (χ1v) is 14.7. The predicted molar refractivity (Wildman–Crippen MR) is 161 cm³/mol. The van der Waals surface area contributed by atoms with Crippen LogP contribution < -0.4 is 21.3 Å². The van der Waals surface area contributed by atoms with Gasteiger partial charge in [-0.3, -0.25) is 4.79 Å². The molecule has 11 nitrogen and oxygen atoms in total. The van der Waals surface area contributed by atoms with Crippen molar-refractivity contribution >= 4 is 28.8 Å². The lowest BCUT2D eigenvalue weighted by Crippen LogP contribution is -2.42. The van der Waals surface area contributed by atoms with Crippen molar-refractivity contribution in [2.24, 2.45) is 5.73 Å². The molecule has 2 fully saturated rings. The summed E-state index contributed by atoms with van der Waals surface area (Å²) in [4.78, 5) is 28.6. The zero-order valence-corrected chi connectivity index (χ0v) is 23.7. The minimum absolute atomic E-state index is 0.0425. The summed E-state index contributed by atoms with van der Waals surface area (Å²) >= 11 is 0. The van der Waals surface area contributed by atoms with Gasteiger partial charge in [-0.2, -0.15) is 9.97 Å². The summed E-state index contributed by atoms with van der Waals surface area (Å²) < 4.78 is 1.81. The zero-order valence-electron chi connectivity index (χ0n) is 23.7. The van der Waals surface area contributed by atoms with E-state index in [1.54, 1.807) is 17.8 Å². The molecule has 6 rings (SSSR count). The highest BCUT2D eigenvalue weighted by molar-refractivity contribution is 5.84. The number of aliphatic hydroxyl groups is 2. The molecule has 2 aromatic carbocycles. The summed E-state index contributed by atoms with van der Waals surface area (Å²) in [5, 5.41) is 28.2. The Kier molecular flexibility index (Phi) is 8.05. The normalized spacial score (nSPS) is 24.0. The number of rotatable bonds is 9. The Bertz CT molecular complexity index is 1480. The number of carbonyl (C=O) groups excluding carboxylic acids is 1. The molecule has 4 aromatic rings. The van der Waals surface area contributed by atoms with Crippen LogP contribution in [0, 0.1) is 0 Å². The number of aromatic nitrogens is 4. The number of amides is 1. The van der Waals surface area contributed by atoms with E-state index in [1.807, 2.05) is 36.4 Å². The Hall–Kier alpha value is -4.06. The second-order valence-electron chi connectivity index (χ2n) is 11.3. The molecule has 5 atom stereocenters. The van der Waals surface area contributed by atoms with E-state index in [1.165, 1.54) is 11.1 Å². The SMILES string of the molecule is CCC(=O)NC1C[C@@H](n2cnc3c(NCC(c4ccccc4)c4ccccc4)nc(N4CC[C@@H](N)C4)nc32)[C@H](O)[C@@H]1O. The average Bonchev–Trinajstić information content (AvgIpc) is 3.72. The molecular formula is C31H38N8O3. The summed E-state index contributed by atoms with van der Waals surface area (Å²) in [6.45, 7) is 3.71. The maximum Gasteiger partial charge on any atom is 0.229 e. The van der Waals surface area contributed by atoms with E-state index in [-0.39, 0.29) is 17.9 Å². The molecule has 1 saturated heterocycles. The number of carbonyl (C=O) groups is 1. The quantitative estimate of drug-likeness (QED) is 0.204. The van der Waals surface area contributed by atoms with E-state index >= 15 is 0 Å². The molecule has 6 N–H and O–H groups in total. The molecule has 0 bridgehead atoms. The first kappa shape index (κ1) is 28.1. The van der Waals surface area contributed by atoms with Gasteiger partial charge in [-0.25, -0.2) is 4.98 Å². The van der Waals surface area contributed by atoms with E-state index in [9.17, 15) is 15.0 Å². The zero-order chi connectivity index (χ0) is 29.2. The van der Waals surface area contributed by atoms with Gasteiger partial charge in [0.05, 0.1) is 18.4 Å². The van der Waals surface area contributed by atoms with Crippen molar-refractivity contribution < 1.29 is 15.0 Å². The molecule has 1 aliphatic heterocycles. The number of hydrogen-bond acceptors (Lipinski definition) is 9. The van der Waals surface area contributed by atoms with Crippen molar-refractivity contribution in [3.63, 3.8) is 0 Å². The van der Waals surface area contributed by atoms with Crippen LogP contribution in [0.1, 0.15) is 49.3 Å². The predicted octanol–water partition coefficient (Wildman–Crippen LogP) is 2.17. The van der Waals surface area contributed by atoms with Crippen LogP contribution in [-0.4, -0.2) is 79.6 Å². The Morgan fingerprint density at radius 3 is 2.36 bits per heavy atom. The van der Waals surface area contributed by atoms with Gasteiger partial charge in [0, 0.05) is 38.0 Å². The Morgan fingerprint density at radius 2 is 1.74 bits per heavy atom. The second-order valence-corrected chi connectivity index (χ2v) is 11.3. The van der Waals surface area contributed by atoms with Gasteiger partial charge >= 0.3 is 0 Å². The van der Waals surface area contributed by atoms with Gasteiger partial charge in [0.2, 0.25) is 11.9 Å². The largest absolute Gasteiger partial charge is 0.388 e. The minimum Gasteiger partial charge on any atom is -0.388 e. The van der Waals surface area contributed by atoms with E-state index in [0.29, 0.717) is 48.9 Å². The van der Waals surface area contributed by atoms with Gasteiger partial charge in [0.25, 0.3) is 0 Å². The Morgan fingerprint density at radius 1 is 1.05 bits per heavy atom. The average molecular weight is 571 g/mol. The third-order valence-corrected chi connectivity index (χ3v) is 8.47. The fourth-order valence-electron chi connectivity index (χ4n) is 6.11. The highest BCUT2D eigenvalue weighted by Gasteiger charge is 2.44. The molecule has 42 heavy (non-hydrogen) atoms. The monoisotopic (exact) mass is 570 g/mol. The van der Waals surface area contributed by atoms with Crippen LogP contribution in [0.15, 0.2) is 67.0 Å². The Labute approximate surface area is 244 Å². The number of imidazole rings is 1. The Balaban J connectivity index is 1.36. The van der Waals surface area contributed by atoms with Gasteiger partial charge in [0.15, 0.2) is 17.0 Å². The maximum absolute atomic E-state index is 12.1. The highest BCUT2D eigenvalue weighted by atomic mass is 16.3. The lowest BCUT2D eigenvalue weighted by atomic mass is 9.91. The van der Waals surface area contributed by atoms with Crippen molar-refractivity contribution in [3.8, 4) is 0 Å². The number of nitrogens with two attached hydrogens (primary N) is 1. The standard InChI is InChI=1S/C31H38N8O3/c1-2-25(40)35-23-15-24(28(42)27(23)41)39-18-34-26-29(36-31(37-30(26)39)38-14-13-21(32)17-38)33-16-22(19-9-5-3-6-10-19)20-11-7-4-8-12-20/h3-12,18,21-24,27-28,41-42H,2,13-17,32H2,1H3,(H,35,40)(H,33,36,37)/t21-,23?,24-,27-,28+/m1/s1. The maximum atomic E-state index is 12.1. The molecule has 0 spiro atoms. The molecule has 220 valence electrons. The van der Waals surface area contributed by atoms with E-state index < -0.39 is 24.3 Å². The van der Waals surface area contributed by atoms with Crippen LogP contribution in [0.2, 0.25) is 0 Å². The fraction of sp³-hybridized carbons (Fsp3) is 0.419. The van der Waals surface area contributed by atoms with E-state index in [2.05, 4.69) is 44.8 Å². The molecule has 1 unspecified atom stereocenters. The number of anilines is 2. The molecule has 1 saturated carbocycles. The smallest absolute Gasteiger partial charge is 0.229 e. The summed E-state index contributed by atoms with van der Waals surface area (Å²) in [5.74, 6) is 1.03. The first-order chi connectivity index (χ1) is 20.4. The fourth-order valence-corrected chi connectivity index (χ4v) is 6.11. The highest BCUT2D eigenvalue weighted by Crippen LogP contribution is 2.35. The second kappa shape index (κ2) is 12.0. The van der Waals surface area contributed by atoms with Gasteiger partial charge in [0.1, 0.15) is 12.2 Å². The number of hydrogen-bond donors (Lipinski definition) is 5. The van der Waals surface area contributed by atoms with Crippen LogP contribution in [0.25, 0.3) is 11.2 Å². The van der Waals surface area contributed by atoms with Crippen LogP contribution in [0.3, 0.4) is 0 Å². The molecule has 3 heterocycles. The molecular weight excluding hydrogens is 532 g/mol.